The first-order valence-corrected chi connectivity index (χ1v) is 6.99. The second-order valence-electron chi connectivity index (χ2n) is 4.84. The third-order valence-electron chi connectivity index (χ3n) is 3.57. The lowest BCUT2D eigenvalue weighted by atomic mass is 10.0. The van der Waals surface area contributed by atoms with Crippen LogP contribution in [0, 0.1) is 0 Å². The number of carboxylic acid groups (broad SMARTS) is 1. The first kappa shape index (κ1) is 14.3. The van der Waals surface area contributed by atoms with Crippen molar-refractivity contribution in [2.75, 3.05) is 0 Å². The molecule has 106 valence electrons. The number of pyridine rings is 1. The van der Waals surface area contributed by atoms with Gasteiger partial charge in [0.2, 0.25) is 0 Å². The molecule has 0 unspecified atom stereocenters. The average molecular weight is 273 g/mol. The lowest BCUT2D eigenvalue weighted by Crippen LogP contribution is -2.27. The van der Waals surface area contributed by atoms with Gasteiger partial charge in [0, 0.05) is 17.5 Å². The number of unbranched alkanes of at least 4 members (excludes halogenated alkanes) is 1. The highest BCUT2D eigenvalue weighted by Crippen LogP contribution is 2.21. The van der Waals surface area contributed by atoms with Gasteiger partial charge in [-0.15, -0.1) is 0 Å². The molecule has 0 radical (unpaired) electrons. The van der Waals surface area contributed by atoms with Gasteiger partial charge in [0.15, 0.2) is 0 Å². The average Bonchev–Trinajstić information content (AvgIpc) is 2.45. The number of benzene rings is 1. The van der Waals surface area contributed by atoms with Crippen molar-refractivity contribution in [3.05, 3.63) is 45.7 Å². The van der Waals surface area contributed by atoms with E-state index in [1.807, 2.05) is 25.1 Å². The molecule has 1 aromatic carbocycles. The molecule has 1 heterocycles. The van der Waals surface area contributed by atoms with E-state index >= 15 is 0 Å². The highest BCUT2D eigenvalue weighted by Gasteiger charge is 2.19. The Balaban J connectivity index is 2.87. The lowest BCUT2D eigenvalue weighted by Gasteiger charge is -2.15. The van der Waals surface area contributed by atoms with Crippen molar-refractivity contribution < 1.29 is 9.90 Å². The van der Waals surface area contributed by atoms with Crippen molar-refractivity contribution in [1.29, 1.82) is 0 Å². The molecule has 0 amide bonds. The van der Waals surface area contributed by atoms with E-state index in [1.54, 1.807) is 10.6 Å². The second kappa shape index (κ2) is 5.90. The molecule has 4 heteroatoms. The molecule has 0 aliphatic carbocycles. The lowest BCUT2D eigenvalue weighted by molar-refractivity contribution is 0.0697. The first-order valence-electron chi connectivity index (χ1n) is 6.99. The molecule has 0 saturated heterocycles. The van der Waals surface area contributed by atoms with Gasteiger partial charge in [-0.2, -0.15) is 0 Å². The second-order valence-corrected chi connectivity index (χ2v) is 4.84. The number of rotatable bonds is 5. The molecule has 1 aromatic heterocycles. The number of carboxylic acids is 1. The van der Waals surface area contributed by atoms with Gasteiger partial charge in [0.05, 0.1) is 11.1 Å². The molecule has 4 nitrogen and oxygen atoms in total. The molecule has 0 fully saturated rings. The molecule has 2 aromatic rings. The van der Waals surface area contributed by atoms with Gasteiger partial charge >= 0.3 is 5.97 Å². The summed E-state index contributed by atoms with van der Waals surface area (Å²) in [6.45, 7) is 4.52. The van der Waals surface area contributed by atoms with Gasteiger partial charge in [-0.05, 0) is 18.9 Å². The Kier molecular flexibility index (Phi) is 4.23. The van der Waals surface area contributed by atoms with Crippen LogP contribution in [-0.2, 0) is 13.0 Å². The number of hydrogen-bond acceptors (Lipinski definition) is 2. The van der Waals surface area contributed by atoms with Gasteiger partial charge in [-0.1, -0.05) is 38.5 Å². The van der Waals surface area contributed by atoms with Crippen molar-refractivity contribution in [1.82, 2.24) is 4.57 Å². The topological polar surface area (TPSA) is 59.3 Å². The fourth-order valence-electron chi connectivity index (χ4n) is 2.57. The summed E-state index contributed by atoms with van der Waals surface area (Å²) in [7, 11) is 0. The number of carbonyl (C=O) groups is 1. The zero-order valence-electron chi connectivity index (χ0n) is 11.8. The largest absolute Gasteiger partial charge is 0.478 e. The number of aryl methyl sites for hydroxylation is 1. The van der Waals surface area contributed by atoms with Crippen LogP contribution in [0.2, 0.25) is 0 Å². The normalized spacial score (nSPS) is 10.9. The van der Waals surface area contributed by atoms with E-state index in [1.165, 1.54) is 0 Å². The van der Waals surface area contributed by atoms with Crippen molar-refractivity contribution in [3.8, 4) is 0 Å². The van der Waals surface area contributed by atoms with Gasteiger partial charge in [-0.25, -0.2) is 4.79 Å². The first-order chi connectivity index (χ1) is 9.61. The van der Waals surface area contributed by atoms with E-state index in [-0.39, 0.29) is 11.1 Å². The number of nitrogens with zero attached hydrogens (tertiary/aromatic N) is 1. The quantitative estimate of drug-likeness (QED) is 0.910. The van der Waals surface area contributed by atoms with Gasteiger partial charge in [-0.3, -0.25) is 4.79 Å². The van der Waals surface area contributed by atoms with Gasteiger partial charge < -0.3 is 9.67 Å². The number of aromatic carboxylic acids is 1. The summed E-state index contributed by atoms with van der Waals surface area (Å²) >= 11 is 0. The Morgan fingerprint density at radius 2 is 1.95 bits per heavy atom. The van der Waals surface area contributed by atoms with Crippen molar-refractivity contribution in [2.45, 2.75) is 39.7 Å². The zero-order valence-corrected chi connectivity index (χ0v) is 11.8. The molecule has 0 spiro atoms. The summed E-state index contributed by atoms with van der Waals surface area (Å²) < 4.78 is 1.71. The zero-order chi connectivity index (χ0) is 14.7. The fourth-order valence-corrected chi connectivity index (χ4v) is 2.57. The minimum Gasteiger partial charge on any atom is -0.478 e. The minimum absolute atomic E-state index is 0.154. The van der Waals surface area contributed by atoms with Crippen molar-refractivity contribution in [2.24, 2.45) is 0 Å². The van der Waals surface area contributed by atoms with E-state index < -0.39 is 5.97 Å². The Hall–Kier alpha value is -2.10. The third kappa shape index (κ3) is 2.33. The van der Waals surface area contributed by atoms with E-state index in [0.29, 0.717) is 29.4 Å². The predicted octanol–water partition coefficient (Wildman–Crippen LogP) is 3.06. The molecule has 0 atom stereocenters. The SMILES string of the molecule is CCCCn1c(=O)c(CC)c(C(=O)O)c2ccccc21. The number of aromatic nitrogens is 1. The number of hydrogen-bond donors (Lipinski definition) is 1. The van der Waals surface area contributed by atoms with Gasteiger partial charge in [0.1, 0.15) is 0 Å². The summed E-state index contributed by atoms with van der Waals surface area (Å²) in [4.78, 5) is 24.1. The third-order valence-corrected chi connectivity index (χ3v) is 3.57. The van der Waals surface area contributed by atoms with Crippen LogP contribution in [-0.4, -0.2) is 15.6 Å². The van der Waals surface area contributed by atoms with Crippen LogP contribution in [0.25, 0.3) is 10.9 Å². The summed E-state index contributed by atoms with van der Waals surface area (Å²) in [6.07, 6.45) is 2.32. The molecule has 1 N–H and O–H groups in total. The summed E-state index contributed by atoms with van der Waals surface area (Å²) in [5.74, 6) is -1.03. The maximum absolute atomic E-state index is 12.5. The summed E-state index contributed by atoms with van der Waals surface area (Å²) in [6, 6.07) is 7.24. The van der Waals surface area contributed by atoms with Crippen LogP contribution in [0.4, 0.5) is 0 Å². The Morgan fingerprint density at radius 3 is 2.55 bits per heavy atom. The molecular formula is C16H19NO3. The number of fused-ring (bicyclic) bond motifs is 1. The Labute approximate surface area is 117 Å². The standard InChI is InChI=1S/C16H19NO3/c1-3-5-10-17-13-9-7-6-8-12(13)14(16(19)20)11(4-2)15(17)18/h6-9H,3-5,10H2,1-2H3,(H,19,20). The maximum atomic E-state index is 12.5. The van der Waals surface area contributed by atoms with Crippen molar-refractivity contribution in [3.63, 3.8) is 0 Å². The molecule has 0 saturated carbocycles. The van der Waals surface area contributed by atoms with Crippen molar-refractivity contribution >= 4 is 16.9 Å². The molecule has 0 aliphatic heterocycles. The molecule has 0 bridgehead atoms. The van der Waals surface area contributed by atoms with Crippen LogP contribution in [0.1, 0.15) is 42.6 Å². The smallest absolute Gasteiger partial charge is 0.336 e. The molecule has 2 rings (SSSR count). The highest BCUT2D eigenvalue weighted by atomic mass is 16.4. The van der Waals surface area contributed by atoms with E-state index in [2.05, 4.69) is 6.92 Å². The summed E-state index contributed by atoms with van der Waals surface area (Å²) in [5.41, 5.74) is 1.09. The maximum Gasteiger partial charge on any atom is 0.336 e. The van der Waals surface area contributed by atoms with Crippen LogP contribution >= 0.6 is 0 Å². The van der Waals surface area contributed by atoms with Gasteiger partial charge in [0.25, 0.3) is 5.56 Å². The molecule has 20 heavy (non-hydrogen) atoms. The Morgan fingerprint density at radius 1 is 1.25 bits per heavy atom. The van der Waals surface area contributed by atoms with E-state index in [0.717, 1.165) is 12.8 Å². The molecule has 0 aliphatic rings. The van der Waals surface area contributed by atoms with E-state index in [9.17, 15) is 14.7 Å². The Bertz CT molecular complexity index is 701. The fraction of sp³-hybridized carbons (Fsp3) is 0.375. The van der Waals surface area contributed by atoms with Crippen LogP contribution in [0.15, 0.2) is 29.1 Å². The van der Waals surface area contributed by atoms with Crippen LogP contribution < -0.4 is 5.56 Å². The van der Waals surface area contributed by atoms with E-state index in [4.69, 9.17) is 0 Å². The van der Waals surface area contributed by atoms with Crippen LogP contribution in [0.3, 0.4) is 0 Å². The highest BCUT2D eigenvalue weighted by molar-refractivity contribution is 6.03. The molecular weight excluding hydrogens is 254 g/mol. The predicted molar refractivity (Wildman–Crippen MR) is 79.5 cm³/mol. The van der Waals surface area contributed by atoms with Crippen LogP contribution in [0.5, 0.6) is 0 Å². The monoisotopic (exact) mass is 273 g/mol. The number of para-hydroxylation sites is 1. The minimum atomic E-state index is -1.03. The summed E-state index contributed by atoms with van der Waals surface area (Å²) in [5, 5.41) is 10.1.